The number of halogens is 1. The molecule has 0 saturated carbocycles. The van der Waals surface area contributed by atoms with Crippen molar-refractivity contribution in [3.05, 3.63) is 76.9 Å². The van der Waals surface area contributed by atoms with Crippen molar-refractivity contribution >= 4 is 11.8 Å². The van der Waals surface area contributed by atoms with Crippen molar-refractivity contribution in [3.8, 4) is 0 Å². The standard InChI is InChI=1S/C15H12FNS/c1-11-3-9-14(10-4-11)18-15(17-2)12-5-7-13(16)8-6-12/h3-10,15H,1H3. The third-order valence-corrected chi connectivity index (χ3v) is 3.69. The quantitative estimate of drug-likeness (QED) is 0.562. The van der Waals surface area contributed by atoms with Gasteiger partial charge in [0.2, 0.25) is 0 Å². The summed E-state index contributed by atoms with van der Waals surface area (Å²) < 4.78 is 12.8. The Morgan fingerprint density at radius 3 is 2.22 bits per heavy atom. The van der Waals surface area contributed by atoms with Crippen LogP contribution in [-0.2, 0) is 0 Å². The van der Waals surface area contributed by atoms with Crippen LogP contribution in [0, 0.1) is 19.3 Å². The summed E-state index contributed by atoms with van der Waals surface area (Å²) in [5.41, 5.74) is 2.03. The Hall–Kier alpha value is -1.79. The van der Waals surface area contributed by atoms with E-state index in [0.29, 0.717) is 0 Å². The lowest BCUT2D eigenvalue weighted by atomic mass is 10.2. The number of benzene rings is 2. The lowest BCUT2D eigenvalue weighted by Crippen LogP contribution is -1.88. The van der Waals surface area contributed by atoms with Crippen LogP contribution in [0.1, 0.15) is 16.5 Å². The molecule has 0 aromatic heterocycles. The Morgan fingerprint density at radius 2 is 1.67 bits per heavy atom. The minimum Gasteiger partial charge on any atom is -0.296 e. The maximum atomic E-state index is 12.8. The summed E-state index contributed by atoms with van der Waals surface area (Å²) in [6.45, 7) is 9.28. The molecule has 0 bridgehead atoms. The summed E-state index contributed by atoms with van der Waals surface area (Å²) in [5.74, 6) is -0.275. The predicted molar refractivity (Wildman–Crippen MR) is 72.8 cm³/mol. The van der Waals surface area contributed by atoms with E-state index in [-0.39, 0.29) is 11.2 Å². The number of rotatable bonds is 3. The maximum absolute atomic E-state index is 12.8. The molecule has 0 amide bonds. The van der Waals surface area contributed by atoms with E-state index < -0.39 is 0 Å². The second-order valence-corrected chi connectivity index (χ2v) is 5.12. The van der Waals surface area contributed by atoms with Crippen LogP contribution in [0.5, 0.6) is 0 Å². The van der Waals surface area contributed by atoms with Crippen LogP contribution in [0.15, 0.2) is 53.4 Å². The van der Waals surface area contributed by atoms with E-state index in [2.05, 4.69) is 4.85 Å². The fourth-order valence-electron chi connectivity index (χ4n) is 1.54. The Balaban J connectivity index is 2.17. The average Bonchev–Trinajstić information content (AvgIpc) is 2.39. The summed E-state index contributed by atoms with van der Waals surface area (Å²) in [6, 6.07) is 14.2. The predicted octanol–water partition coefficient (Wildman–Crippen LogP) is 4.84. The van der Waals surface area contributed by atoms with E-state index in [1.54, 1.807) is 12.1 Å². The molecule has 0 radical (unpaired) electrons. The van der Waals surface area contributed by atoms with E-state index in [9.17, 15) is 4.39 Å². The van der Waals surface area contributed by atoms with Gasteiger partial charge in [0.05, 0.1) is 0 Å². The molecule has 2 aromatic rings. The molecule has 0 N–H and O–H groups in total. The van der Waals surface area contributed by atoms with E-state index >= 15 is 0 Å². The zero-order valence-corrected chi connectivity index (χ0v) is 10.7. The van der Waals surface area contributed by atoms with Crippen LogP contribution in [-0.4, -0.2) is 0 Å². The average molecular weight is 257 g/mol. The summed E-state index contributed by atoms with van der Waals surface area (Å²) in [4.78, 5) is 4.64. The molecule has 0 fully saturated rings. The Kier molecular flexibility index (Phi) is 4.01. The van der Waals surface area contributed by atoms with E-state index in [1.165, 1.54) is 29.5 Å². The molecule has 2 rings (SSSR count). The molecule has 2 aromatic carbocycles. The van der Waals surface area contributed by atoms with Crippen LogP contribution in [0.3, 0.4) is 0 Å². The van der Waals surface area contributed by atoms with Gasteiger partial charge in [-0.1, -0.05) is 17.7 Å². The first-order chi connectivity index (χ1) is 8.69. The van der Waals surface area contributed by atoms with Crippen LogP contribution >= 0.6 is 11.8 Å². The van der Waals surface area contributed by atoms with Gasteiger partial charge in [0.25, 0.3) is 5.37 Å². The molecule has 18 heavy (non-hydrogen) atoms. The topological polar surface area (TPSA) is 4.36 Å². The fraction of sp³-hybridized carbons (Fsp3) is 0.133. The van der Waals surface area contributed by atoms with Gasteiger partial charge < -0.3 is 0 Å². The van der Waals surface area contributed by atoms with Gasteiger partial charge in [-0.25, -0.2) is 11.0 Å². The molecule has 1 nitrogen and oxygen atoms in total. The highest BCUT2D eigenvalue weighted by Gasteiger charge is 2.17. The SMILES string of the molecule is [C-]#[N+]C(Sc1ccc(C)cc1)c1ccc(F)cc1. The Labute approximate surface area is 110 Å². The van der Waals surface area contributed by atoms with Crippen molar-refractivity contribution in [1.82, 2.24) is 0 Å². The molecule has 0 spiro atoms. The molecule has 0 aliphatic heterocycles. The zero-order valence-electron chi connectivity index (χ0n) is 9.93. The fourth-order valence-corrected chi connectivity index (χ4v) is 2.44. The van der Waals surface area contributed by atoms with Crippen LogP contribution in [0.4, 0.5) is 4.39 Å². The van der Waals surface area contributed by atoms with Crippen LogP contribution in [0.25, 0.3) is 4.85 Å². The van der Waals surface area contributed by atoms with Crippen molar-refractivity contribution in [2.45, 2.75) is 17.2 Å². The van der Waals surface area contributed by atoms with Gasteiger partial charge in [0.1, 0.15) is 5.82 Å². The summed E-state index contributed by atoms with van der Waals surface area (Å²) in [5, 5.41) is -0.326. The number of thioether (sulfide) groups is 1. The first-order valence-corrected chi connectivity index (χ1v) is 6.42. The van der Waals surface area contributed by atoms with Crippen molar-refractivity contribution in [1.29, 1.82) is 0 Å². The van der Waals surface area contributed by atoms with Gasteiger partial charge in [0, 0.05) is 10.5 Å². The van der Waals surface area contributed by atoms with Crippen molar-refractivity contribution in [2.24, 2.45) is 0 Å². The number of hydrogen-bond acceptors (Lipinski definition) is 1. The lowest BCUT2D eigenvalue weighted by Gasteiger charge is -2.06. The summed E-state index contributed by atoms with van der Waals surface area (Å²) >= 11 is 1.48. The summed E-state index contributed by atoms with van der Waals surface area (Å²) in [6.07, 6.45) is 0. The van der Waals surface area contributed by atoms with E-state index in [0.717, 1.165) is 10.5 Å². The second-order valence-electron chi connectivity index (χ2n) is 3.96. The largest absolute Gasteiger partial charge is 0.298 e. The molecule has 0 heterocycles. The number of aryl methyl sites for hydroxylation is 1. The minimum atomic E-state index is -0.326. The number of nitrogens with zero attached hydrogens (tertiary/aromatic N) is 1. The maximum Gasteiger partial charge on any atom is 0.298 e. The van der Waals surface area contributed by atoms with Crippen molar-refractivity contribution in [3.63, 3.8) is 0 Å². The Morgan fingerprint density at radius 1 is 1.06 bits per heavy atom. The third-order valence-electron chi connectivity index (χ3n) is 2.54. The second kappa shape index (κ2) is 5.70. The van der Waals surface area contributed by atoms with Gasteiger partial charge >= 0.3 is 0 Å². The third kappa shape index (κ3) is 3.12. The van der Waals surface area contributed by atoms with E-state index in [1.807, 2.05) is 31.2 Å². The molecular formula is C15H12FNS. The minimum absolute atomic E-state index is 0.275. The highest BCUT2D eigenvalue weighted by Crippen LogP contribution is 2.36. The lowest BCUT2D eigenvalue weighted by molar-refractivity contribution is 0.627. The Bertz CT molecular complexity index is 555. The van der Waals surface area contributed by atoms with Crippen LogP contribution < -0.4 is 0 Å². The molecule has 1 atom stereocenters. The van der Waals surface area contributed by atoms with Gasteiger partial charge in [-0.15, -0.1) is 0 Å². The molecular weight excluding hydrogens is 245 g/mol. The van der Waals surface area contributed by atoms with E-state index in [4.69, 9.17) is 6.57 Å². The molecule has 0 saturated heterocycles. The molecule has 3 heteroatoms. The van der Waals surface area contributed by atoms with Crippen LogP contribution in [0.2, 0.25) is 0 Å². The first-order valence-electron chi connectivity index (χ1n) is 5.54. The molecule has 90 valence electrons. The smallest absolute Gasteiger partial charge is 0.296 e. The van der Waals surface area contributed by atoms with Gasteiger partial charge in [-0.05, 0) is 55.1 Å². The van der Waals surface area contributed by atoms with Gasteiger partial charge in [-0.2, -0.15) is 0 Å². The summed E-state index contributed by atoms with van der Waals surface area (Å²) in [7, 11) is 0. The van der Waals surface area contributed by atoms with Crippen molar-refractivity contribution < 1.29 is 4.39 Å². The highest BCUT2D eigenvalue weighted by atomic mass is 32.2. The molecule has 0 aliphatic carbocycles. The highest BCUT2D eigenvalue weighted by molar-refractivity contribution is 7.99. The first kappa shape index (κ1) is 12.7. The monoisotopic (exact) mass is 257 g/mol. The van der Waals surface area contributed by atoms with Gasteiger partial charge in [-0.3, -0.25) is 4.85 Å². The molecule has 1 unspecified atom stereocenters. The molecule has 0 aliphatic rings. The van der Waals surface area contributed by atoms with Gasteiger partial charge in [0.15, 0.2) is 0 Å². The van der Waals surface area contributed by atoms with Crippen molar-refractivity contribution in [2.75, 3.05) is 0 Å². The normalized spacial score (nSPS) is 11.8. The zero-order chi connectivity index (χ0) is 13.0. The number of hydrogen-bond donors (Lipinski definition) is 0.